The second kappa shape index (κ2) is 6.31. The Labute approximate surface area is 180 Å². The van der Waals surface area contributed by atoms with E-state index in [0.29, 0.717) is 17.7 Å². The Morgan fingerprint density at radius 3 is 2.55 bits per heavy atom. The van der Waals surface area contributed by atoms with E-state index in [4.69, 9.17) is 16.0 Å². The average Bonchev–Trinajstić information content (AvgIpc) is 3.37. The van der Waals surface area contributed by atoms with Gasteiger partial charge in [-0.25, -0.2) is 9.67 Å². The number of halogens is 4. The van der Waals surface area contributed by atoms with Crippen LogP contribution in [0.15, 0.2) is 35.0 Å². The molecule has 2 unspecified atom stereocenters. The zero-order valence-corrected chi connectivity index (χ0v) is 17.2. The van der Waals surface area contributed by atoms with Gasteiger partial charge in [0.25, 0.3) is 0 Å². The molecule has 6 nitrogen and oxygen atoms in total. The molecule has 2 aromatic heterocycles. The zero-order valence-electron chi connectivity index (χ0n) is 16.4. The first kappa shape index (κ1) is 19.3. The number of aromatic nitrogens is 5. The van der Waals surface area contributed by atoms with Crippen molar-refractivity contribution in [1.82, 2.24) is 25.0 Å². The third-order valence-corrected chi connectivity index (χ3v) is 7.47. The predicted molar refractivity (Wildman–Crippen MR) is 104 cm³/mol. The molecule has 3 aromatic rings. The molecule has 4 saturated carbocycles. The van der Waals surface area contributed by atoms with E-state index in [-0.39, 0.29) is 27.7 Å². The van der Waals surface area contributed by atoms with Gasteiger partial charge >= 0.3 is 6.18 Å². The fourth-order valence-corrected chi connectivity index (χ4v) is 6.71. The van der Waals surface area contributed by atoms with Gasteiger partial charge in [-0.2, -0.15) is 13.2 Å². The van der Waals surface area contributed by atoms with Crippen LogP contribution in [0.4, 0.5) is 13.2 Å². The molecule has 0 radical (unpaired) electrons. The highest BCUT2D eigenvalue weighted by atomic mass is 35.5. The molecule has 31 heavy (non-hydrogen) atoms. The molecule has 0 aliphatic heterocycles. The molecular formula is C21H19ClF3N5O. The largest absolute Gasteiger partial charge is 0.420 e. The lowest BCUT2D eigenvalue weighted by Gasteiger charge is -2.60. The van der Waals surface area contributed by atoms with Gasteiger partial charge < -0.3 is 4.42 Å². The Bertz CT molecular complexity index is 1140. The minimum atomic E-state index is -4.43. The summed E-state index contributed by atoms with van der Waals surface area (Å²) in [6.45, 7) is 0. The third-order valence-electron chi connectivity index (χ3n) is 7.30. The summed E-state index contributed by atoms with van der Waals surface area (Å²) in [5, 5.41) is 13.1. The Kier molecular flexibility index (Phi) is 3.92. The van der Waals surface area contributed by atoms with Crippen LogP contribution in [0.1, 0.15) is 50.0 Å². The normalized spacial score (nSPS) is 32.0. The maximum absolute atomic E-state index is 13.1. The molecule has 4 aliphatic carbocycles. The van der Waals surface area contributed by atoms with Crippen LogP contribution in [0.25, 0.3) is 11.5 Å². The molecule has 7 rings (SSSR count). The van der Waals surface area contributed by atoms with E-state index in [1.165, 1.54) is 12.5 Å². The lowest BCUT2D eigenvalue weighted by Crippen LogP contribution is -2.58. The molecule has 0 N–H and O–H groups in total. The molecule has 0 spiro atoms. The number of rotatable bonds is 3. The van der Waals surface area contributed by atoms with E-state index in [0.717, 1.165) is 44.2 Å². The van der Waals surface area contributed by atoms with Crippen LogP contribution in [0.2, 0.25) is 5.28 Å². The molecule has 4 atom stereocenters. The molecule has 0 saturated heterocycles. The van der Waals surface area contributed by atoms with Gasteiger partial charge in [0.2, 0.25) is 17.1 Å². The maximum Gasteiger partial charge on any atom is 0.416 e. The van der Waals surface area contributed by atoms with Gasteiger partial charge in [-0.05, 0) is 80.2 Å². The van der Waals surface area contributed by atoms with Gasteiger partial charge in [0.1, 0.15) is 6.33 Å². The molecule has 10 heteroatoms. The second-order valence-corrected chi connectivity index (χ2v) is 9.75. The number of hydrogen-bond acceptors (Lipinski definition) is 5. The first-order valence-corrected chi connectivity index (χ1v) is 10.7. The van der Waals surface area contributed by atoms with Crippen LogP contribution in [0, 0.1) is 11.8 Å². The monoisotopic (exact) mass is 449 g/mol. The summed E-state index contributed by atoms with van der Waals surface area (Å²) in [6, 6.07) is 5.00. The van der Waals surface area contributed by atoms with Gasteiger partial charge in [0.15, 0.2) is 0 Å². The summed E-state index contributed by atoms with van der Waals surface area (Å²) < 4.78 is 47.3. The van der Waals surface area contributed by atoms with Crippen molar-refractivity contribution in [3.8, 4) is 11.5 Å². The Hall–Kier alpha value is -2.42. The van der Waals surface area contributed by atoms with Crippen molar-refractivity contribution >= 4 is 11.6 Å². The van der Waals surface area contributed by atoms with E-state index in [1.54, 1.807) is 12.4 Å². The van der Waals surface area contributed by atoms with Crippen molar-refractivity contribution in [2.24, 2.45) is 11.8 Å². The molecule has 4 bridgehead atoms. The topological polar surface area (TPSA) is 69.6 Å². The van der Waals surface area contributed by atoms with E-state index in [1.807, 2.05) is 4.68 Å². The van der Waals surface area contributed by atoms with Crippen LogP contribution < -0.4 is 0 Å². The minimum Gasteiger partial charge on any atom is -0.420 e. The van der Waals surface area contributed by atoms with Crippen LogP contribution in [-0.4, -0.2) is 25.0 Å². The van der Waals surface area contributed by atoms with Crippen molar-refractivity contribution in [3.05, 3.63) is 47.3 Å². The summed E-state index contributed by atoms with van der Waals surface area (Å²) in [4.78, 5) is 4.12. The lowest BCUT2D eigenvalue weighted by molar-refractivity contribution is -0.137. The fraction of sp³-hybridized carbons (Fsp3) is 0.524. The molecule has 4 aliphatic rings. The van der Waals surface area contributed by atoms with Gasteiger partial charge in [-0.3, -0.25) is 0 Å². The standard InChI is InChI=1S/C21H19ClF3N5O/c22-18-26-11-30(29-18)20-8-12-4-13(9-20)7-19(6-12,10-20)17-28-27-16(31-17)14-2-1-3-15(5-14)21(23,24)25/h1-3,5,11-13H,4,6-10H2/t12-,13+,19?,20?. The highest BCUT2D eigenvalue weighted by Crippen LogP contribution is 2.64. The molecule has 1 aromatic carbocycles. The number of alkyl halides is 3. The summed E-state index contributed by atoms with van der Waals surface area (Å²) in [5.41, 5.74) is -0.942. The van der Waals surface area contributed by atoms with Gasteiger partial charge in [-0.15, -0.1) is 15.3 Å². The second-order valence-electron chi connectivity index (χ2n) is 9.41. The highest BCUT2D eigenvalue weighted by Gasteiger charge is 2.61. The van der Waals surface area contributed by atoms with E-state index in [9.17, 15) is 13.2 Å². The Morgan fingerprint density at radius 2 is 1.87 bits per heavy atom. The molecule has 0 amide bonds. The van der Waals surface area contributed by atoms with E-state index < -0.39 is 11.7 Å². The van der Waals surface area contributed by atoms with Gasteiger partial charge in [0.05, 0.1) is 16.5 Å². The quantitative estimate of drug-likeness (QED) is 0.546. The van der Waals surface area contributed by atoms with E-state index >= 15 is 0 Å². The van der Waals surface area contributed by atoms with Crippen molar-refractivity contribution in [1.29, 1.82) is 0 Å². The van der Waals surface area contributed by atoms with Crippen LogP contribution >= 0.6 is 11.6 Å². The number of hydrogen-bond donors (Lipinski definition) is 0. The Morgan fingerprint density at radius 1 is 1.10 bits per heavy atom. The molecule has 4 fully saturated rings. The highest BCUT2D eigenvalue weighted by molar-refractivity contribution is 6.28. The number of benzene rings is 1. The van der Waals surface area contributed by atoms with Gasteiger partial charge in [0, 0.05) is 5.56 Å². The summed E-state index contributed by atoms with van der Waals surface area (Å²) in [7, 11) is 0. The van der Waals surface area contributed by atoms with Crippen LogP contribution in [0.3, 0.4) is 0 Å². The molecule has 2 heterocycles. The van der Waals surface area contributed by atoms with Gasteiger partial charge in [-0.1, -0.05) is 6.07 Å². The van der Waals surface area contributed by atoms with Crippen molar-refractivity contribution in [2.75, 3.05) is 0 Å². The predicted octanol–water partition coefficient (Wildman–Crippen LogP) is 5.25. The third kappa shape index (κ3) is 3.00. The SMILES string of the molecule is FC(F)(F)c1cccc(-c2nnc(C34C[C@H]5C[C@@H](C3)CC(n3cnc(Cl)n3)(C5)C4)o2)c1. The number of nitrogens with zero attached hydrogens (tertiary/aromatic N) is 5. The molecule has 162 valence electrons. The average molecular weight is 450 g/mol. The smallest absolute Gasteiger partial charge is 0.416 e. The minimum absolute atomic E-state index is 0.120. The van der Waals surface area contributed by atoms with Crippen molar-refractivity contribution in [2.45, 2.75) is 55.7 Å². The van der Waals surface area contributed by atoms with Crippen molar-refractivity contribution < 1.29 is 17.6 Å². The van der Waals surface area contributed by atoms with Crippen LogP contribution in [-0.2, 0) is 17.1 Å². The lowest BCUT2D eigenvalue weighted by atomic mass is 9.47. The fourth-order valence-electron chi connectivity index (χ4n) is 6.59. The summed E-state index contributed by atoms with van der Waals surface area (Å²) in [5.74, 6) is 1.65. The van der Waals surface area contributed by atoms with E-state index in [2.05, 4.69) is 20.3 Å². The first-order valence-electron chi connectivity index (χ1n) is 10.3. The Balaban J connectivity index is 1.37. The summed E-state index contributed by atoms with van der Waals surface area (Å²) >= 11 is 6.00. The maximum atomic E-state index is 13.1. The first-order chi connectivity index (χ1) is 14.7. The van der Waals surface area contributed by atoms with Crippen molar-refractivity contribution in [3.63, 3.8) is 0 Å². The van der Waals surface area contributed by atoms with Crippen LogP contribution in [0.5, 0.6) is 0 Å². The summed E-state index contributed by atoms with van der Waals surface area (Å²) in [6.07, 6.45) is 3.14. The zero-order chi connectivity index (χ0) is 21.4. The molecular weight excluding hydrogens is 431 g/mol.